The summed E-state index contributed by atoms with van der Waals surface area (Å²) in [5.74, 6) is 0.119. The van der Waals surface area contributed by atoms with E-state index in [9.17, 15) is 5.11 Å². The number of halogens is 1. The van der Waals surface area contributed by atoms with Gasteiger partial charge in [0.2, 0.25) is 0 Å². The maximum absolute atomic E-state index is 9.30. The first-order valence-corrected chi connectivity index (χ1v) is 5.51. The molecule has 0 bridgehead atoms. The van der Waals surface area contributed by atoms with Crippen LogP contribution in [0.2, 0.25) is 5.02 Å². The smallest absolute Gasteiger partial charge is 0.0500 e. The van der Waals surface area contributed by atoms with Crippen LogP contribution < -0.4 is 0 Å². The van der Waals surface area contributed by atoms with Crippen LogP contribution in [0.3, 0.4) is 0 Å². The number of aliphatic hydroxyl groups excluding tert-OH is 1. The van der Waals surface area contributed by atoms with E-state index in [1.54, 1.807) is 7.11 Å². The third kappa shape index (κ3) is 3.82. The van der Waals surface area contributed by atoms with Gasteiger partial charge in [-0.2, -0.15) is 0 Å². The van der Waals surface area contributed by atoms with Crippen LogP contribution in [-0.2, 0) is 4.74 Å². The molecule has 0 spiro atoms. The van der Waals surface area contributed by atoms with Gasteiger partial charge in [0.25, 0.3) is 0 Å². The van der Waals surface area contributed by atoms with E-state index in [0.29, 0.717) is 0 Å². The minimum absolute atomic E-state index is 0.119. The molecule has 3 heteroatoms. The minimum Gasteiger partial charge on any atom is -0.396 e. The zero-order valence-electron chi connectivity index (χ0n) is 8.95. The molecule has 0 saturated heterocycles. The molecule has 15 heavy (non-hydrogen) atoms. The normalized spacial score (nSPS) is 12.7. The summed E-state index contributed by atoms with van der Waals surface area (Å²) in [5.41, 5.74) is 1.03. The van der Waals surface area contributed by atoms with Gasteiger partial charge in [-0.15, -0.1) is 0 Å². The Bertz CT molecular complexity index is 289. The van der Waals surface area contributed by atoms with Gasteiger partial charge in [-0.3, -0.25) is 0 Å². The van der Waals surface area contributed by atoms with Crippen molar-refractivity contribution < 1.29 is 9.84 Å². The number of aliphatic hydroxyl groups is 1. The number of benzene rings is 1. The monoisotopic (exact) mass is 228 g/mol. The molecule has 1 N–H and O–H groups in total. The molecule has 0 heterocycles. The number of ether oxygens (including phenoxy) is 1. The van der Waals surface area contributed by atoms with Gasteiger partial charge in [0, 0.05) is 31.3 Å². The lowest BCUT2D eigenvalue weighted by Crippen LogP contribution is -2.06. The standard InChI is InChI=1S/C12H17ClO2/c1-15-8-4-5-10(9-14)11-6-2-3-7-12(11)13/h2-3,6-7,10,14H,4-5,8-9H2,1H3. The zero-order chi connectivity index (χ0) is 11.1. The van der Waals surface area contributed by atoms with Crippen LogP contribution in [0.15, 0.2) is 24.3 Å². The predicted molar refractivity (Wildman–Crippen MR) is 62.4 cm³/mol. The summed E-state index contributed by atoms with van der Waals surface area (Å²) in [6, 6.07) is 7.67. The van der Waals surface area contributed by atoms with Crippen molar-refractivity contribution in [3.63, 3.8) is 0 Å². The first-order valence-electron chi connectivity index (χ1n) is 5.13. The second kappa shape index (κ2) is 6.83. The fourth-order valence-electron chi connectivity index (χ4n) is 1.63. The Morgan fingerprint density at radius 1 is 1.40 bits per heavy atom. The first-order chi connectivity index (χ1) is 7.29. The molecule has 0 aliphatic heterocycles. The predicted octanol–water partition coefficient (Wildman–Crippen LogP) is 2.84. The molecule has 0 radical (unpaired) electrons. The highest BCUT2D eigenvalue weighted by Gasteiger charge is 2.12. The average molecular weight is 229 g/mol. The van der Waals surface area contributed by atoms with E-state index in [4.69, 9.17) is 16.3 Å². The van der Waals surface area contributed by atoms with Crippen molar-refractivity contribution in [3.05, 3.63) is 34.9 Å². The van der Waals surface area contributed by atoms with Crippen LogP contribution in [0.25, 0.3) is 0 Å². The van der Waals surface area contributed by atoms with Gasteiger partial charge in [-0.1, -0.05) is 29.8 Å². The Labute approximate surface area is 95.8 Å². The molecule has 1 unspecified atom stereocenters. The molecule has 1 rings (SSSR count). The molecule has 1 aromatic rings. The Morgan fingerprint density at radius 2 is 2.13 bits per heavy atom. The van der Waals surface area contributed by atoms with Gasteiger partial charge in [-0.05, 0) is 24.5 Å². The summed E-state index contributed by atoms with van der Waals surface area (Å²) < 4.78 is 4.99. The van der Waals surface area contributed by atoms with Crippen LogP contribution in [0, 0.1) is 0 Å². The third-order valence-corrected chi connectivity index (χ3v) is 2.81. The Kier molecular flexibility index (Phi) is 5.69. The first kappa shape index (κ1) is 12.5. The van der Waals surface area contributed by atoms with Crippen molar-refractivity contribution >= 4 is 11.6 Å². The molecule has 0 fully saturated rings. The molecular weight excluding hydrogens is 212 g/mol. The number of hydrogen-bond acceptors (Lipinski definition) is 2. The van der Waals surface area contributed by atoms with E-state index in [-0.39, 0.29) is 12.5 Å². The van der Waals surface area contributed by atoms with Crippen LogP contribution in [-0.4, -0.2) is 25.4 Å². The van der Waals surface area contributed by atoms with Gasteiger partial charge >= 0.3 is 0 Å². The third-order valence-electron chi connectivity index (χ3n) is 2.47. The molecule has 0 saturated carbocycles. The molecule has 0 aromatic heterocycles. The fourth-order valence-corrected chi connectivity index (χ4v) is 1.92. The molecule has 84 valence electrons. The number of methoxy groups -OCH3 is 1. The van der Waals surface area contributed by atoms with Gasteiger partial charge in [0.15, 0.2) is 0 Å². The molecule has 0 amide bonds. The van der Waals surface area contributed by atoms with E-state index >= 15 is 0 Å². The highest BCUT2D eigenvalue weighted by Crippen LogP contribution is 2.27. The van der Waals surface area contributed by atoms with Crippen molar-refractivity contribution in [2.24, 2.45) is 0 Å². The van der Waals surface area contributed by atoms with Crippen LogP contribution in [0.1, 0.15) is 24.3 Å². The van der Waals surface area contributed by atoms with Crippen molar-refractivity contribution in [2.45, 2.75) is 18.8 Å². The zero-order valence-corrected chi connectivity index (χ0v) is 9.70. The van der Waals surface area contributed by atoms with Crippen molar-refractivity contribution in [3.8, 4) is 0 Å². The Hall–Kier alpha value is -0.570. The summed E-state index contributed by atoms with van der Waals surface area (Å²) in [6.07, 6.45) is 1.83. The van der Waals surface area contributed by atoms with E-state index in [0.717, 1.165) is 30.0 Å². The lowest BCUT2D eigenvalue weighted by atomic mass is 9.95. The maximum Gasteiger partial charge on any atom is 0.0500 e. The highest BCUT2D eigenvalue weighted by atomic mass is 35.5. The van der Waals surface area contributed by atoms with Gasteiger partial charge < -0.3 is 9.84 Å². The summed E-state index contributed by atoms with van der Waals surface area (Å²) in [5, 5.41) is 10.0. The lowest BCUT2D eigenvalue weighted by molar-refractivity contribution is 0.183. The second-order valence-electron chi connectivity index (χ2n) is 3.54. The van der Waals surface area contributed by atoms with E-state index in [2.05, 4.69) is 0 Å². The SMILES string of the molecule is COCCCC(CO)c1ccccc1Cl. The number of rotatable bonds is 6. The van der Waals surface area contributed by atoms with Crippen LogP contribution in [0.5, 0.6) is 0 Å². The van der Waals surface area contributed by atoms with Crippen LogP contribution >= 0.6 is 11.6 Å². The fraction of sp³-hybridized carbons (Fsp3) is 0.500. The Morgan fingerprint density at radius 3 is 2.73 bits per heavy atom. The lowest BCUT2D eigenvalue weighted by Gasteiger charge is -2.15. The molecule has 0 aliphatic carbocycles. The van der Waals surface area contributed by atoms with Gasteiger partial charge in [0.05, 0.1) is 0 Å². The van der Waals surface area contributed by atoms with Crippen molar-refractivity contribution in [1.82, 2.24) is 0 Å². The minimum atomic E-state index is 0.119. The van der Waals surface area contributed by atoms with Gasteiger partial charge in [-0.25, -0.2) is 0 Å². The molecule has 1 atom stereocenters. The maximum atomic E-state index is 9.30. The largest absolute Gasteiger partial charge is 0.396 e. The van der Waals surface area contributed by atoms with Crippen LogP contribution in [0.4, 0.5) is 0 Å². The van der Waals surface area contributed by atoms with E-state index in [1.165, 1.54) is 0 Å². The summed E-state index contributed by atoms with van der Waals surface area (Å²) >= 11 is 6.07. The van der Waals surface area contributed by atoms with Gasteiger partial charge in [0.1, 0.15) is 0 Å². The van der Waals surface area contributed by atoms with E-state index < -0.39 is 0 Å². The summed E-state index contributed by atoms with van der Waals surface area (Å²) in [7, 11) is 1.68. The number of hydrogen-bond donors (Lipinski definition) is 1. The average Bonchev–Trinajstić information content (AvgIpc) is 2.26. The quantitative estimate of drug-likeness (QED) is 0.759. The molecule has 1 aromatic carbocycles. The topological polar surface area (TPSA) is 29.5 Å². The van der Waals surface area contributed by atoms with E-state index in [1.807, 2.05) is 24.3 Å². The second-order valence-corrected chi connectivity index (χ2v) is 3.94. The summed E-state index contributed by atoms with van der Waals surface area (Å²) in [4.78, 5) is 0. The molecule has 0 aliphatic rings. The highest BCUT2D eigenvalue weighted by molar-refractivity contribution is 6.31. The summed E-state index contributed by atoms with van der Waals surface area (Å²) in [6.45, 7) is 0.856. The Balaban J connectivity index is 2.61. The molecular formula is C12H17ClO2. The van der Waals surface area contributed by atoms with Crippen molar-refractivity contribution in [1.29, 1.82) is 0 Å². The molecule has 2 nitrogen and oxygen atoms in total. The van der Waals surface area contributed by atoms with Crippen molar-refractivity contribution in [2.75, 3.05) is 20.3 Å².